The molecular weight excluding hydrogens is 1340 g/mol. The van der Waals surface area contributed by atoms with Gasteiger partial charge in [-0.1, -0.05) is 125 Å². The Morgan fingerprint density at radius 3 is 0.608 bits per heavy atom. The number of alkyl halides is 5. The van der Waals surface area contributed by atoms with Gasteiger partial charge in [-0.25, -0.2) is 24.0 Å². The molecule has 0 heterocycles. The van der Waals surface area contributed by atoms with Crippen LogP contribution in [0.25, 0.3) is 0 Å². The monoisotopic (exact) mass is 1480 g/mol. The minimum absolute atomic E-state index is 0.211. The molecule has 0 aliphatic rings. The number of likely N-dealkylation sites (N-methyl/N-ethyl adjacent to an activating group) is 5. The van der Waals surface area contributed by atoms with Gasteiger partial charge >= 0.3 is 29.8 Å². The van der Waals surface area contributed by atoms with Gasteiger partial charge in [0.1, 0.15) is 65.8 Å². The van der Waals surface area contributed by atoms with Crippen molar-refractivity contribution in [3.05, 3.63) is 179 Å². The summed E-state index contributed by atoms with van der Waals surface area (Å²) in [5.41, 5.74) is 3.13. The second-order valence-electron chi connectivity index (χ2n) is 24.6. The average Bonchev–Trinajstić information content (AvgIpc) is 0.891. The van der Waals surface area contributed by atoms with Crippen molar-refractivity contribution < 1.29 is 83.2 Å². The molecular formula is C82H139Cl2F3N5O10+5. The van der Waals surface area contributed by atoms with Gasteiger partial charge in [-0.2, -0.15) is 0 Å². The highest BCUT2D eigenvalue weighted by Crippen LogP contribution is 2.15. The van der Waals surface area contributed by atoms with Crippen LogP contribution in [0.3, 0.4) is 0 Å². The first-order chi connectivity index (χ1) is 49.2. The van der Waals surface area contributed by atoms with Crippen LogP contribution in [0.5, 0.6) is 0 Å². The highest BCUT2D eigenvalue weighted by Gasteiger charge is 2.27. The molecule has 0 amide bonds. The lowest BCUT2D eigenvalue weighted by molar-refractivity contribution is -0.926. The number of quaternary nitrogens is 5. The largest absolute Gasteiger partial charge is 0.456 e. The van der Waals surface area contributed by atoms with E-state index in [-0.39, 0.29) is 29.8 Å². The minimum atomic E-state index is -0.246. The molecule has 0 aromatic heterocycles. The zero-order valence-corrected chi connectivity index (χ0v) is 68.2. The third kappa shape index (κ3) is 47.8. The van der Waals surface area contributed by atoms with Crippen LogP contribution in [0, 0.1) is 0 Å². The van der Waals surface area contributed by atoms with Crippen LogP contribution in [0.1, 0.15) is 167 Å². The van der Waals surface area contributed by atoms with Gasteiger partial charge in [-0.05, 0) is 142 Å². The van der Waals surface area contributed by atoms with Crippen molar-refractivity contribution in [3.63, 3.8) is 0 Å². The van der Waals surface area contributed by atoms with E-state index < -0.39 is 0 Å². The second-order valence-corrected chi connectivity index (χ2v) is 24.6. The lowest BCUT2D eigenvalue weighted by atomic mass is 10.2. The molecule has 582 valence electrons. The Bertz CT molecular complexity index is 2630. The summed E-state index contributed by atoms with van der Waals surface area (Å²) in [6.45, 7) is 46.7. The highest BCUT2D eigenvalue weighted by molar-refractivity contribution is 6.15. The van der Waals surface area contributed by atoms with E-state index >= 15 is 0 Å². The van der Waals surface area contributed by atoms with Crippen LogP contribution in [-0.2, 0) is 23.7 Å². The first-order valence-electron chi connectivity index (χ1n) is 36.4. The third-order valence-electron chi connectivity index (χ3n) is 17.7. The van der Waals surface area contributed by atoms with Crippen LogP contribution >= 0.6 is 23.2 Å². The molecule has 5 rings (SSSR count). The lowest BCUT2D eigenvalue weighted by Gasteiger charge is -2.37. The molecule has 0 saturated carbocycles. The number of benzene rings is 5. The molecule has 0 spiro atoms. The predicted octanol–water partition coefficient (Wildman–Crippen LogP) is 17.8. The van der Waals surface area contributed by atoms with Crippen LogP contribution in [-0.4, -0.2) is 252 Å². The van der Waals surface area contributed by atoms with Gasteiger partial charge in [0.15, 0.2) is 0 Å². The first-order valence-corrected chi connectivity index (χ1v) is 37.9. The number of hydrogen-bond donors (Lipinski definition) is 0. The van der Waals surface area contributed by atoms with E-state index in [2.05, 4.69) is 127 Å². The maximum atomic E-state index is 12.0. The summed E-state index contributed by atoms with van der Waals surface area (Å²) in [6.07, 6.45) is 8.90. The maximum Gasteiger partial charge on any atom is 0.338 e. The Morgan fingerprint density at radius 2 is 0.441 bits per heavy atom. The van der Waals surface area contributed by atoms with Gasteiger partial charge < -0.3 is 46.1 Å². The molecule has 0 aliphatic heterocycles. The molecule has 0 aliphatic carbocycles. The fraction of sp³-hybridized carbons (Fsp3) is 0.573. The van der Waals surface area contributed by atoms with Crippen molar-refractivity contribution in [1.82, 2.24) is 0 Å². The molecule has 0 fully saturated rings. The molecule has 0 bridgehead atoms. The van der Waals surface area contributed by atoms with Gasteiger partial charge in [-0.3, -0.25) is 13.2 Å². The van der Waals surface area contributed by atoms with Crippen molar-refractivity contribution in [2.75, 3.05) is 200 Å². The molecule has 5 aromatic carbocycles. The molecule has 0 radical (unpaired) electrons. The maximum absolute atomic E-state index is 12.0. The van der Waals surface area contributed by atoms with Crippen molar-refractivity contribution in [3.8, 4) is 0 Å². The van der Waals surface area contributed by atoms with Crippen LogP contribution < -0.4 is 0 Å². The minimum Gasteiger partial charge on any atom is -0.456 e. The number of esters is 5. The summed E-state index contributed by atoms with van der Waals surface area (Å²) in [6, 6.07) is 45.8. The zero-order valence-electron chi connectivity index (χ0n) is 66.7. The van der Waals surface area contributed by atoms with Crippen molar-refractivity contribution in [1.29, 1.82) is 0 Å². The van der Waals surface area contributed by atoms with Crippen LogP contribution in [0.15, 0.2) is 152 Å². The fourth-order valence-corrected chi connectivity index (χ4v) is 10.9. The molecule has 102 heavy (non-hydrogen) atoms. The quantitative estimate of drug-likeness (QED) is 0.0164. The first kappa shape index (κ1) is 104. The van der Waals surface area contributed by atoms with Crippen molar-refractivity contribution in [2.24, 2.45) is 0 Å². The zero-order chi connectivity index (χ0) is 78.6. The Kier molecular flexibility index (Phi) is 69.3. The van der Waals surface area contributed by atoms with E-state index in [1.54, 1.807) is 60.7 Å². The lowest BCUT2D eigenvalue weighted by Crippen LogP contribution is -2.51. The Morgan fingerprint density at radius 1 is 0.265 bits per heavy atom. The number of carbonyl (C=O) groups excluding carboxylic acids is 5. The van der Waals surface area contributed by atoms with Gasteiger partial charge in [0.25, 0.3) is 0 Å². The summed E-state index contributed by atoms with van der Waals surface area (Å²) in [5, 5.41) is 0. The fourth-order valence-electron chi connectivity index (χ4n) is 10.9. The Balaban J connectivity index is -0.000000373. The molecule has 15 nitrogen and oxygen atoms in total. The number of rotatable bonds is 37. The molecule has 20 heteroatoms. The number of halogens is 5. The number of unbranched alkanes of at least 4 members (excludes halogenated alkanes) is 1. The molecule has 1 unspecified atom stereocenters. The summed E-state index contributed by atoms with van der Waals surface area (Å²) < 4.78 is 60.1. The van der Waals surface area contributed by atoms with Crippen molar-refractivity contribution in [2.45, 2.75) is 115 Å². The number of ether oxygens (including phenoxy) is 5. The normalized spacial score (nSPS) is 11.0. The van der Waals surface area contributed by atoms with Gasteiger partial charge in [0.2, 0.25) is 0 Å². The molecule has 5 aromatic rings. The average molecular weight is 1480 g/mol. The summed E-state index contributed by atoms with van der Waals surface area (Å²) in [5.74, 6) is -1.12. The number of carbonyl (C=O) groups is 5. The standard InChI is InChI=1S/C18H30NO2.C17H28NO2.2C15H24NO2.C12H18NO2.2CH3Cl.3CH3F/c1-4-7-14-19(6-3,13-5-2)15-16-21-18(20)17-11-9-8-10-12-17;1-4-12-18(6-3,13-5-2)14-15-20-17(19)16-10-8-7-9-11-16;2*1-4-16(5-2,6-3)12-13-18-15(17)14-10-8-7-9-11-14;1-13(2,3)9-10-15-12(14)11-7-5-4-6-8-11;5*1-2/h8-12H,4-7,13-16H2,1-3H3;7-11H,4-6,12-15H2,1-3H3;2*7-11H,4-6,12-13H2,1-3H3;4-8H,9-10H2,1-3H3;5*1H3/q5*+1;;;;;. The van der Waals surface area contributed by atoms with Gasteiger partial charge in [0, 0.05) is 12.8 Å². The van der Waals surface area contributed by atoms with Crippen LogP contribution in [0.2, 0.25) is 0 Å². The Hall–Kier alpha value is -6.38. The smallest absolute Gasteiger partial charge is 0.338 e. The van der Waals surface area contributed by atoms with Crippen LogP contribution in [0.4, 0.5) is 13.2 Å². The predicted molar refractivity (Wildman–Crippen MR) is 421 cm³/mol. The van der Waals surface area contributed by atoms with E-state index in [0.29, 0.717) is 82.4 Å². The number of nitrogens with zero attached hydrogens (tertiary/aromatic N) is 5. The van der Waals surface area contributed by atoms with Crippen molar-refractivity contribution >= 4 is 53.0 Å². The Labute approximate surface area is 627 Å². The van der Waals surface area contributed by atoms with E-state index in [4.69, 9.17) is 23.7 Å². The van der Waals surface area contributed by atoms with Gasteiger partial charge in [-0.15, -0.1) is 23.2 Å². The summed E-state index contributed by atoms with van der Waals surface area (Å²) in [4.78, 5) is 58.9. The summed E-state index contributed by atoms with van der Waals surface area (Å²) in [7, 11) is 7.70. The highest BCUT2D eigenvalue weighted by atomic mass is 35.5. The van der Waals surface area contributed by atoms with E-state index in [1.165, 1.54) is 58.0 Å². The van der Waals surface area contributed by atoms with E-state index in [1.807, 2.05) is 91.0 Å². The molecule has 1 atom stereocenters. The van der Waals surface area contributed by atoms with Gasteiger partial charge in [0.05, 0.1) is 149 Å². The molecule has 0 N–H and O–H groups in total. The summed E-state index contributed by atoms with van der Waals surface area (Å²) >= 11 is 9.28. The molecule has 0 saturated heterocycles. The van der Waals surface area contributed by atoms with E-state index in [9.17, 15) is 37.1 Å². The second kappa shape index (κ2) is 67.8. The number of hydrogen-bond acceptors (Lipinski definition) is 10. The SMILES string of the molecule is CCCC[N+](CC)(CCC)CCOC(=O)c1ccccc1.CCC[N+](CC)(CCC)CCOC(=O)c1ccccc1.CC[N+](CC)(CC)CCOC(=O)c1ccccc1.CC[N+](CC)(CC)CCOC(=O)c1ccccc1.CCl.CCl.CF.CF.CF.C[N+](C)(C)CCOC(=O)c1ccccc1. The van der Waals surface area contributed by atoms with E-state index in [0.717, 1.165) is 121 Å². The topological polar surface area (TPSA) is 132 Å². The third-order valence-corrected chi connectivity index (χ3v) is 17.7.